The number of ether oxygens (including phenoxy) is 4. The molecule has 0 saturated heterocycles. The van der Waals surface area contributed by atoms with Gasteiger partial charge in [-0.1, -0.05) is 0 Å². The topological polar surface area (TPSA) is 88.1 Å². The van der Waals surface area contributed by atoms with Gasteiger partial charge in [-0.3, -0.25) is 0 Å². The first-order chi connectivity index (χ1) is 10.5. The molecule has 0 saturated carbocycles. The number of benzene rings is 1. The fraction of sp³-hybridized carbons (Fsp3) is 0.267. The van der Waals surface area contributed by atoms with Gasteiger partial charge in [0.15, 0.2) is 6.61 Å². The molecule has 1 aromatic carbocycles. The van der Waals surface area contributed by atoms with Crippen molar-refractivity contribution in [2.75, 3.05) is 20.3 Å². The fourth-order valence-corrected chi connectivity index (χ4v) is 1.31. The van der Waals surface area contributed by atoms with E-state index in [4.69, 9.17) is 9.47 Å². The van der Waals surface area contributed by atoms with Crippen molar-refractivity contribution in [2.45, 2.75) is 6.92 Å². The highest BCUT2D eigenvalue weighted by Crippen LogP contribution is 2.17. The van der Waals surface area contributed by atoms with Gasteiger partial charge in [0, 0.05) is 12.2 Å². The summed E-state index contributed by atoms with van der Waals surface area (Å²) < 4.78 is 19.1. The molecule has 0 amide bonds. The molecule has 1 rings (SSSR count). The highest BCUT2D eigenvalue weighted by molar-refractivity contribution is 5.92. The second kappa shape index (κ2) is 9.17. The Morgan fingerprint density at radius 2 is 1.59 bits per heavy atom. The highest BCUT2D eigenvalue weighted by Gasteiger charge is 2.08. The van der Waals surface area contributed by atoms with Crippen LogP contribution in [0.4, 0.5) is 0 Å². The fourth-order valence-electron chi connectivity index (χ4n) is 1.31. The first kappa shape index (κ1) is 17.2. The largest absolute Gasteiger partial charge is 0.494 e. The van der Waals surface area contributed by atoms with Gasteiger partial charge in [0.05, 0.1) is 13.7 Å². The summed E-state index contributed by atoms with van der Waals surface area (Å²) >= 11 is 0. The Hall–Kier alpha value is -2.83. The molecule has 0 bridgehead atoms. The van der Waals surface area contributed by atoms with Crippen molar-refractivity contribution in [3.63, 3.8) is 0 Å². The SMILES string of the molecule is CCOc1ccc(OC(=O)COC(=O)/C=C/C(=O)OC)cc1. The predicted molar refractivity (Wildman–Crippen MR) is 75.4 cm³/mol. The molecule has 0 unspecified atom stereocenters. The maximum atomic E-state index is 11.5. The zero-order valence-corrected chi connectivity index (χ0v) is 12.2. The summed E-state index contributed by atoms with van der Waals surface area (Å²) in [6.07, 6.45) is 1.75. The summed E-state index contributed by atoms with van der Waals surface area (Å²) in [5.74, 6) is -1.34. The van der Waals surface area contributed by atoms with E-state index in [-0.39, 0.29) is 0 Å². The third-order valence-electron chi connectivity index (χ3n) is 2.26. The van der Waals surface area contributed by atoms with Crippen molar-refractivity contribution >= 4 is 17.9 Å². The Morgan fingerprint density at radius 1 is 1.00 bits per heavy atom. The summed E-state index contributed by atoms with van der Waals surface area (Å²) in [7, 11) is 1.17. The monoisotopic (exact) mass is 308 g/mol. The molecule has 22 heavy (non-hydrogen) atoms. The minimum atomic E-state index is -0.853. The molecular weight excluding hydrogens is 292 g/mol. The van der Waals surface area contributed by atoms with Crippen LogP contribution in [0.5, 0.6) is 11.5 Å². The van der Waals surface area contributed by atoms with Crippen LogP contribution >= 0.6 is 0 Å². The zero-order chi connectivity index (χ0) is 16.4. The summed E-state index contributed by atoms with van der Waals surface area (Å²) in [6.45, 7) is 1.82. The van der Waals surface area contributed by atoms with Crippen molar-refractivity contribution in [1.82, 2.24) is 0 Å². The highest BCUT2D eigenvalue weighted by atomic mass is 16.6. The summed E-state index contributed by atoms with van der Waals surface area (Å²) in [5.41, 5.74) is 0. The van der Waals surface area contributed by atoms with Crippen molar-refractivity contribution in [3.05, 3.63) is 36.4 Å². The first-order valence-corrected chi connectivity index (χ1v) is 6.41. The minimum Gasteiger partial charge on any atom is -0.494 e. The van der Waals surface area contributed by atoms with E-state index in [0.717, 1.165) is 12.2 Å². The van der Waals surface area contributed by atoms with Crippen LogP contribution in [0.25, 0.3) is 0 Å². The van der Waals surface area contributed by atoms with Crippen molar-refractivity contribution < 1.29 is 33.3 Å². The van der Waals surface area contributed by atoms with Crippen LogP contribution in [-0.4, -0.2) is 38.2 Å². The van der Waals surface area contributed by atoms with Gasteiger partial charge < -0.3 is 18.9 Å². The Morgan fingerprint density at radius 3 is 2.18 bits per heavy atom. The lowest BCUT2D eigenvalue weighted by atomic mass is 10.3. The zero-order valence-electron chi connectivity index (χ0n) is 12.2. The van der Waals surface area contributed by atoms with E-state index in [0.29, 0.717) is 18.1 Å². The van der Waals surface area contributed by atoms with Crippen LogP contribution in [0.15, 0.2) is 36.4 Å². The molecule has 0 aliphatic rings. The predicted octanol–water partition coefficient (Wildman–Crippen LogP) is 1.26. The second-order valence-electron chi connectivity index (χ2n) is 3.84. The van der Waals surface area contributed by atoms with Crippen LogP contribution in [0, 0.1) is 0 Å². The molecule has 0 fully saturated rings. The molecular formula is C15H16O7. The molecule has 0 atom stereocenters. The van der Waals surface area contributed by atoms with Crippen molar-refractivity contribution in [1.29, 1.82) is 0 Å². The van der Waals surface area contributed by atoms with Gasteiger partial charge >= 0.3 is 17.9 Å². The van der Waals surface area contributed by atoms with Crippen molar-refractivity contribution in [3.8, 4) is 11.5 Å². The van der Waals surface area contributed by atoms with Crippen LogP contribution in [0.3, 0.4) is 0 Å². The number of methoxy groups -OCH3 is 1. The number of carbonyl (C=O) groups is 3. The summed E-state index contributed by atoms with van der Waals surface area (Å²) in [6, 6.07) is 6.41. The maximum absolute atomic E-state index is 11.5. The Labute approximate surface area is 127 Å². The van der Waals surface area contributed by atoms with E-state index in [1.165, 1.54) is 7.11 Å². The maximum Gasteiger partial charge on any atom is 0.349 e. The van der Waals surface area contributed by atoms with E-state index < -0.39 is 24.5 Å². The molecule has 0 radical (unpaired) electrons. The van der Waals surface area contributed by atoms with Gasteiger partial charge in [0.1, 0.15) is 11.5 Å². The van der Waals surface area contributed by atoms with Gasteiger partial charge in [0.2, 0.25) is 0 Å². The number of esters is 3. The van der Waals surface area contributed by atoms with Gasteiger partial charge in [-0.2, -0.15) is 0 Å². The molecule has 0 aromatic heterocycles. The number of rotatable bonds is 7. The van der Waals surface area contributed by atoms with Gasteiger partial charge in [-0.25, -0.2) is 14.4 Å². The van der Waals surface area contributed by atoms with Crippen LogP contribution in [0.2, 0.25) is 0 Å². The molecule has 0 spiro atoms. The molecule has 7 heteroatoms. The third kappa shape index (κ3) is 6.56. The molecule has 0 heterocycles. The molecule has 118 valence electrons. The number of hydrogen-bond donors (Lipinski definition) is 0. The van der Waals surface area contributed by atoms with E-state index >= 15 is 0 Å². The van der Waals surface area contributed by atoms with Crippen LogP contribution in [0.1, 0.15) is 6.92 Å². The van der Waals surface area contributed by atoms with E-state index in [1.54, 1.807) is 24.3 Å². The first-order valence-electron chi connectivity index (χ1n) is 6.41. The molecule has 0 aliphatic heterocycles. The van der Waals surface area contributed by atoms with Gasteiger partial charge in [0.25, 0.3) is 0 Å². The Kier molecular flexibility index (Phi) is 7.18. The Balaban J connectivity index is 2.38. The standard InChI is InChI=1S/C15H16O7/c1-3-20-11-4-6-12(7-5-11)22-15(18)10-21-14(17)9-8-13(16)19-2/h4-9H,3,10H2,1-2H3/b9-8+. The number of carbonyl (C=O) groups excluding carboxylic acids is 3. The smallest absolute Gasteiger partial charge is 0.349 e. The van der Waals surface area contributed by atoms with Crippen LogP contribution in [-0.2, 0) is 23.9 Å². The lowest BCUT2D eigenvalue weighted by Crippen LogP contribution is -2.18. The quantitative estimate of drug-likeness (QED) is 0.425. The molecule has 0 N–H and O–H groups in total. The van der Waals surface area contributed by atoms with Gasteiger partial charge in [-0.15, -0.1) is 0 Å². The minimum absolute atomic E-state index is 0.301. The average Bonchev–Trinajstić information content (AvgIpc) is 2.52. The van der Waals surface area contributed by atoms with E-state index in [1.807, 2.05) is 6.92 Å². The average molecular weight is 308 g/mol. The number of hydrogen-bond acceptors (Lipinski definition) is 7. The molecule has 1 aromatic rings. The lowest BCUT2D eigenvalue weighted by molar-refractivity contribution is -0.150. The Bertz CT molecular complexity index is 546. The summed E-state index contributed by atoms with van der Waals surface area (Å²) in [5, 5.41) is 0. The van der Waals surface area contributed by atoms with E-state index in [9.17, 15) is 14.4 Å². The normalized spacial score (nSPS) is 10.1. The van der Waals surface area contributed by atoms with Gasteiger partial charge in [-0.05, 0) is 31.2 Å². The second-order valence-corrected chi connectivity index (χ2v) is 3.84. The van der Waals surface area contributed by atoms with Crippen molar-refractivity contribution in [2.24, 2.45) is 0 Å². The van der Waals surface area contributed by atoms with E-state index in [2.05, 4.69) is 9.47 Å². The summed E-state index contributed by atoms with van der Waals surface area (Å²) in [4.78, 5) is 33.4. The molecule has 7 nitrogen and oxygen atoms in total. The lowest BCUT2D eigenvalue weighted by Gasteiger charge is -2.06. The molecule has 0 aliphatic carbocycles. The van der Waals surface area contributed by atoms with Crippen LogP contribution < -0.4 is 9.47 Å². The third-order valence-corrected chi connectivity index (χ3v) is 2.26.